The van der Waals surface area contributed by atoms with Crippen molar-refractivity contribution in [2.45, 2.75) is 12.5 Å². The zero-order chi connectivity index (χ0) is 9.12. The van der Waals surface area contributed by atoms with E-state index in [1.54, 1.807) is 0 Å². The lowest BCUT2D eigenvalue weighted by molar-refractivity contribution is 0.0329. The number of halogens is 1. The average Bonchev–Trinajstić information content (AvgIpc) is 1.84. The summed E-state index contributed by atoms with van der Waals surface area (Å²) in [6, 6.07) is 0. The Kier molecular flexibility index (Phi) is 3.40. The molecule has 0 rings (SSSR count). The van der Waals surface area contributed by atoms with Crippen LogP contribution >= 0.6 is 0 Å². The van der Waals surface area contributed by atoms with Crippen molar-refractivity contribution >= 4 is 10.2 Å². The van der Waals surface area contributed by atoms with Gasteiger partial charge in [-0.15, -0.1) is 3.89 Å². The van der Waals surface area contributed by atoms with Crippen molar-refractivity contribution < 1.29 is 17.0 Å². The molecule has 0 aromatic rings. The molecule has 0 saturated heterocycles. The lowest BCUT2D eigenvalue weighted by atomic mass is 10.1. The van der Waals surface area contributed by atoms with Crippen LogP contribution in [0.2, 0.25) is 0 Å². The minimum atomic E-state index is -4.51. The van der Waals surface area contributed by atoms with Crippen LogP contribution < -0.4 is 5.73 Å². The highest BCUT2D eigenvalue weighted by molar-refractivity contribution is 7.86. The molecule has 0 aliphatic rings. The second kappa shape index (κ2) is 3.46. The summed E-state index contributed by atoms with van der Waals surface area (Å²) in [7, 11) is -3.22. The molecule has 0 saturated carbocycles. The maximum atomic E-state index is 12.1. The fourth-order valence-electron chi connectivity index (χ4n) is 0.566. The number of rotatable bonds is 4. The van der Waals surface area contributed by atoms with Crippen molar-refractivity contribution in [2.75, 3.05) is 19.4 Å². The molecule has 0 aromatic heterocycles. The van der Waals surface area contributed by atoms with Gasteiger partial charge in [-0.1, -0.05) is 0 Å². The second-order valence-electron chi connectivity index (χ2n) is 2.54. The van der Waals surface area contributed by atoms with E-state index in [0.717, 1.165) is 0 Å². The van der Waals surface area contributed by atoms with Crippen LogP contribution in [0, 0.1) is 0 Å². The number of nitrogens with two attached hydrogens (primary N) is 1. The average molecular weight is 185 g/mol. The lowest BCUT2D eigenvalue weighted by Crippen LogP contribution is -2.42. The highest BCUT2D eigenvalue weighted by Crippen LogP contribution is 2.11. The van der Waals surface area contributed by atoms with Crippen LogP contribution in [0.1, 0.15) is 6.92 Å². The lowest BCUT2D eigenvalue weighted by Gasteiger charge is -2.23. The van der Waals surface area contributed by atoms with Crippen LogP contribution in [-0.2, 0) is 15.0 Å². The molecular weight excluding hydrogens is 173 g/mol. The molecule has 1 unspecified atom stereocenters. The van der Waals surface area contributed by atoms with Crippen LogP contribution in [-0.4, -0.2) is 33.4 Å². The Morgan fingerprint density at radius 1 is 1.64 bits per heavy atom. The molecule has 0 spiro atoms. The number of methoxy groups -OCH3 is 1. The Balaban J connectivity index is 4.32. The maximum Gasteiger partial charge on any atom is 0.305 e. The van der Waals surface area contributed by atoms with Crippen LogP contribution in [0.3, 0.4) is 0 Å². The molecule has 0 aliphatic heterocycles. The quantitative estimate of drug-likeness (QED) is 0.608. The van der Waals surface area contributed by atoms with Crippen molar-refractivity contribution in [3.05, 3.63) is 0 Å². The monoisotopic (exact) mass is 185 g/mol. The zero-order valence-corrected chi connectivity index (χ0v) is 7.32. The predicted octanol–water partition coefficient (Wildman–Crippen LogP) is -0.350. The van der Waals surface area contributed by atoms with Gasteiger partial charge in [0.05, 0.1) is 5.60 Å². The van der Waals surface area contributed by atoms with Gasteiger partial charge in [0, 0.05) is 13.7 Å². The third-order valence-electron chi connectivity index (χ3n) is 1.40. The van der Waals surface area contributed by atoms with Gasteiger partial charge in [0.15, 0.2) is 0 Å². The molecule has 0 aliphatic carbocycles. The second-order valence-corrected chi connectivity index (χ2v) is 3.91. The van der Waals surface area contributed by atoms with E-state index in [-0.39, 0.29) is 6.54 Å². The summed E-state index contributed by atoms with van der Waals surface area (Å²) in [6.07, 6.45) is 0. The first kappa shape index (κ1) is 10.8. The standard InChI is InChI=1S/C5H12FNO3S/c1-5(3-7,10-2)4-11(6,8)9/h3-4,7H2,1-2H3. The Labute approximate surface area is 65.7 Å². The highest BCUT2D eigenvalue weighted by Gasteiger charge is 2.28. The van der Waals surface area contributed by atoms with Crippen molar-refractivity contribution in [1.29, 1.82) is 0 Å². The molecule has 0 radical (unpaired) electrons. The van der Waals surface area contributed by atoms with Crippen LogP contribution in [0.25, 0.3) is 0 Å². The van der Waals surface area contributed by atoms with E-state index in [0.29, 0.717) is 0 Å². The van der Waals surface area contributed by atoms with E-state index >= 15 is 0 Å². The summed E-state index contributed by atoms with van der Waals surface area (Å²) in [4.78, 5) is 0. The number of hydrogen-bond acceptors (Lipinski definition) is 4. The molecule has 68 valence electrons. The third kappa shape index (κ3) is 4.28. The Hall–Kier alpha value is -0.200. The third-order valence-corrected chi connectivity index (χ3v) is 2.36. The first-order valence-electron chi connectivity index (χ1n) is 3.00. The van der Waals surface area contributed by atoms with Gasteiger partial charge in [0.2, 0.25) is 0 Å². The summed E-state index contributed by atoms with van der Waals surface area (Å²) >= 11 is 0. The Morgan fingerprint density at radius 3 is 2.18 bits per heavy atom. The Bertz CT molecular complexity index is 210. The van der Waals surface area contributed by atoms with Gasteiger partial charge in [0.1, 0.15) is 5.75 Å². The van der Waals surface area contributed by atoms with E-state index < -0.39 is 21.6 Å². The molecule has 2 N–H and O–H groups in total. The predicted molar refractivity (Wildman–Crippen MR) is 39.4 cm³/mol. The Morgan fingerprint density at radius 2 is 2.09 bits per heavy atom. The van der Waals surface area contributed by atoms with Crippen LogP contribution in [0.4, 0.5) is 3.89 Å². The van der Waals surface area contributed by atoms with E-state index in [2.05, 4.69) is 0 Å². The summed E-state index contributed by atoms with van der Waals surface area (Å²) in [6.45, 7) is 1.40. The van der Waals surface area contributed by atoms with E-state index in [9.17, 15) is 12.3 Å². The fraction of sp³-hybridized carbons (Fsp3) is 1.00. The van der Waals surface area contributed by atoms with Gasteiger partial charge >= 0.3 is 10.2 Å². The van der Waals surface area contributed by atoms with Gasteiger partial charge in [-0.2, -0.15) is 8.42 Å². The SMILES string of the molecule is COC(C)(CN)CS(=O)(=O)F. The molecule has 0 amide bonds. The summed E-state index contributed by atoms with van der Waals surface area (Å²) < 4.78 is 37.1. The molecular formula is C5H12FNO3S. The van der Waals surface area contributed by atoms with Crippen LogP contribution in [0.5, 0.6) is 0 Å². The fourth-order valence-corrected chi connectivity index (χ4v) is 1.53. The van der Waals surface area contributed by atoms with Gasteiger partial charge in [-0.05, 0) is 6.92 Å². The van der Waals surface area contributed by atoms with E-state index in [4.69, 9.17) is 10.5 Å². The minimum Gasteiger partial charge on any atom is -0.376 e. The van der Waals surface area contributed by atoms with Gasteiger partial charge < -0.3 is 10.5 Å². The summed E-state index contributed by atoms with van der Waals surface area (Å²) in [5.74, 6) is -0.701. The summed E-state index contributed by atoms with van der Waals surface area (Å²) in [5.41, 5.74) is 4.05. The van der Waals surface area contributed by atoms with Gasteiger partial charge in [-0.3, -0.25) is 0 Å². The molecule has 11 heavy (non-hydrogen) atoms. The molecule has 4 nitrogen and oxygen atoms in total. The van der Waals surface area contributed by atoms with Crippen molar-refractivity contribution in [3.8, 4) is 0 Å². The number of ether oxygens (including phenoxy) is 1. The summed E-state index contributed by atoms with van der Waals surface area (Å²) in [5, 5.41) is 0. The molecule has 0 bridgehead atoms. The molecule has 6 heteroatoms. The molecule has 1 atom stereocenters. The molecule has 0 fully saturated rings. The zero-order valence-electron chi connectivity index (χ0n) is 6.50. The maximum absolute atomic E-state index is 12.1. The number of hydrogen-bond donors (Lipinski definition) is 1. The largest absolute Gasteiger partial charge is 0.376 e. The van der Waals surface area contributed by atoms with Gasteiger partial charge in [-0.25, -0.2) is 0 Å². The first-order chi connectivity index (χ1) is 4.83. The topological polar surface area (TPSA) is 69.4 Å². The van der Waals surface area contributed by atoms with Crippen molar-refractivity contribution in [3.63, 3.8) is 0 Å². The van der Waals surface area contributed by atoms with Crippen molar-refractivity contribution in [2.24, 2.45) is 5.73 Å². The normalized spacial score (nSPS) is 17.8. The van der Waals surface area contributed by atoms with Gasteiger partial charge in [0.25, 0.3) is 0 Å². The minimum absolute atomic E-state index is 0.0351. The first-order valence-corrected chi connectivity index (χ1v) is 4.56. The van der Waals surface area contributed by atoms with Crippen molar-refractivity contribution in [1.82, 2.24) is 0 Å². The molecule has 0 aromatic carbocycles. The highest BCUT2D eigenvalue weighted by atomic mass is 32.3. The smallest absolute Gasteiger partial charge is 0.305 e. The van der Waals surface area contributed by atoms with E-state index in [1.807, 2.05) is 0 Å². The van der Waals surface area contributed by atoms with E-state index in [1.165, 1.54) is 14.0 Å². The van der Waals surface area contributed by atoms with Crippen LogP contribution in [0.15, 0.2) is 0 Å². The molecule has 0 heterocycles.